The van der Waals surface area contributed by atoms with E-state index in [-0.39, 0.29) is 24.4 Å². The molecule has 1 heterocycles. The van der Waals surface area contributed by atoms with E-state index in [2.05, 4.69) is 43.5 Å². The minimum atomic E-state index is -0.345. The zero-order valence-electron chi connectivity index (χ0n) is 20.8. The number of hydrogen-bond acceptors (Lipinski definition) is 4. The molecule has 5 heteroatoms. The molecule has 0 radical (unpaired) electrons. The van der Waals surface area contributed by atoms with Crippen LogP contribution in [0, 0.1) is 5.92 Å². The maximum atomic E-state index is 12.8. The molecule has 1 fully saturated rings. The number of nitrogens with zero attached hydrogens (tertiary/aromatic N) is 1. The summed E-state index contributed by atoms with van der Waals surface area (Å²) < 4.78 is 5.36. The normalized spacial score (nSPS) is 15.5. The van der Waals surface area contributed by atoms with Crippen LogP contribution < -0.4 is 5.32 Å². The maximum absolute atomic E-state index is 12.8. The van der Waals surface area contributed by atoms with Crippen LogP contribution in [0.15, 0.2) is 24.3 Å². The smallest absolute Gasteiger partial charge is 0.410 e. The van der Waals surface area contributed by atoms with Gasteiger partial charge in [0.1, 0.15) is 0 Å². The van der Waals surface area contributed by atoms with Crippen LogP contribution in [0.3, 0.4) is 0 Å². The molecule has 1 atom stereocenters. The lowest BCUT2D eigenvalue weighted by Gasteiger charge is -2.26. The van der Waals surface area contributed by atoms with Gasteiger partial charge in [0.15, 0.2) is 12.4 Å². The predicted octanol–water partition coefficient (Wildman–Crippen LogP) is 6.44. The molecule has 5 nitrogen and oxygen atoms in total. The van der Waals surface area contributed by atoms with Crippen molar-refractivity contribution in [1.29, 1.82) is 0 Å². The lowest BCUT2D eigenvalue weighted by molar-refractivity contribution is -0.126. The second-order valence-corrected chi connectivity index (χ2v) is 8.88. The van der Waals surface area contributed by atoms with E-state index >= 15 is 0 Å². The summed E-state index contributed by atoms with van der Waals surface area (Å²) in [7, 11) is 0. The monoisotopic (exact) mass is 448 g/mol. The summed E-state index contributed by atoms with van der Waals surface area (Å²) in [5, 5.41) is 3.22. The molecular weight excluding hydrogens is 400 g/mol. The van der Waals surface area contributed by atoms with Crippen molar-refractivity contribution in [3.8, 4) is 0 Å². The van der Waals surface area contributed by atoms with Gasteiger partial charge >= 0.3 is 6.09 Å². The molecule has 1 rings (SSSR count). The molecule has 0 aliphatic carbocycles. The molecule has 1 N–H and O–H groups in total. The molecule has 1 saturated heterocycles. The maximum Gasteiger partial charge on any atom is 0.410 e. The highest BCUT2D eigenvalue weighted by Crippen LogP contribution is 2.20. The first-order chi connectivity index (χ1) is 15.7. The van der Waals surface area contributed by atoms with Gasteiger partial charge in [0, 0.05) is 32.1 Å². The number of Topliss-reactive ketones (excluding diaryl/α,β-unsaturated/α-hetero) is 1. The van der Waals surface area contributed by atoms with Crippen LogP contribution in [0.2, 0.25) is 0 Å². The fourth-order valence-electron chi connectivity index (χ4n) is 4.04. The van der Waals surface area contributed by atoms with Gasteiger partial charge in [0.2, 0.25) is 0 Å². The van der Waals surface area contributed by atoms with E-state index in [4.69, 9.17) is 4.74 Å². The number of rotatable bonds is 18. The van der Waals surface area contributed by atoms with Gasteiger partial charge < -0.3 is 15.0 Å². The molecule has 184 valence electrons. The number of ketones is 1. The van der Waals surface area contributed by atoms with Crippen LogP contribution in [0.25, 0.3) is 0 Å². The van der Waals surface area contributed by atoms with Crippen molar-refractivity contribution in [2.45, 2.75) is 97.3 Å². The second-order valence-electron chi connectivity index (χ2n) is 8.88. The summed E-state index contributed by atoms with van der Waals surface area (Å²) in [6.07, 6.45) is 23.1. The number of amides is 1. The molecule has 0 aromatic heterocycles. The molecule has 32 heavy (non-hydrogen) atoms. The van der Waals surface area contributed by atoms with Crippen molar-refractivity contribution in [1.82, 2.24) is 10.2 Å². The fraction of sp³-hybridized carbons (Fsp3) is 0.778. The molecule has 0 bridgehead atoms. The average Bonchev–Trinajstić information content (AvgIpc) is 2.82. The van der Waals surface area contributed by atoms with E-state index < -0.39 is 0 Å². The minimum Gasteiger partial charge on any atom is -0.441 e. The lowest BCUT2D eigenvalue weighted by atomic mass is 9.91. The van der Waals surface area contributed by atoms with Crippen LogP contribution in [-0.2, 0) is 9.53 Å². The van der Waals surface area contributed by atoms with Crippen LogP contribution in [0.5, 0.6) is 0 Å². The van der Waals surface area contributed by atoms with Gasteiger partial charge in [-0.05, 0) is 38.5 Å². The van der Waals surface area contributed by atoms with Gasteiger partial charge in [0.05, 0.1) is 0 Å². The third kappa shape index (κ3) is 14.4. The standard InChI is InChI=1S/C27H48N2O3/c1-3-5-7-9-10-11-12-13-15-17-19-25(18-16-14-8-6-4-2)26(30)24-32-27(31)29-22-20-28-21-23-29/h5,7,10-11,25,28H,3-4,6,8-9,12-24H2,1-2H3. The number of hydrogen-bond donors (Lipinski definition) is 1. The van der Waals surface area contributed by atoms with E-state index in [0.29, 0.717) is 13.1 Å². The predicted molar refractivity (Wildman–Crippen MR) is 134 cm³/mol. The van der Waals surface area contributed by atoms with E-state index in [1.165, 1.54) is 32.1 Å². The van der Waals surface area contributed by atoms with Crippen molar-refractivity contribution >= 4 is 11.9 Å². The Kier molecular flexibility index (Phi) is 17.8. The molecule has 1 aliphatic rings. The number of carbonyl (C=O) groups excluding carboxylic acids is 2. The Morgan fingerprint density at radius 2 is 1.53 bits per heavy atom. The Bertz CT molecular complexity index is 539. The zero-order valence-corrected chi connectivity index (χ0v) is 20.8. The van der Waals surface area contributed by atoms with Crippen LogP contribution in [0.4, 0.5) is 4.79 Å². The molecule has 0 spiro atoms. The highest BCUT2D eigenvalue weighted by Gasteiger charge is 2.22. The lowest BCUT2D eigenvalue weighted by Crippen LogP contribution is -2.47. The summed E-state index contributed by atoms with van der Waals surface area (Å²) in [5.41, 5.74) is 0. The Balaban J connectivity index is 2.32. The Hall–Kier alpha value is -1.62. The largest absolute Gasteiger partial charge is 0.441 e. The molecule has 1 aliphatic heterocycles. The van der Waals surface area contributed by atoms with Gasteiger partial charge in [-0.2, -0.15) is 0 Å². The van der Waals surface area contributed by atoms with Crippen LogP contribution in [-0.4, -0.2) is 49.6 Å². The Morgan fingerprint density at radius 3 is 2.22 bits per heavy atom. The number of allylic oxidation sites excluding steroid dienone is 4. The third-order valence-electron chi connectivity index (χ3n) is 6.09. The molecule has 1 amide bonds. The number of piperazine rings is 1. The summed E-state index contributed by atoms with van der Waals surface area (Å²) in [6, 6.07) is 0. The Labute approximate surface area is 197 Å². The SMILES string of the molecule is CCC=CCC=CCCCCCC(CCCCCCC)C(=O)COC(=O)N1CCNCC1. The fourth-order valence-corrected chi connectivity index (χ4v) is 4.04. The average molecular weight is 449 g/mol. The summed E-state index contributed by atoms with van der Waals surface area (Å²) in [4.78, 5) is 26.7. The van der Waals surface area contributed by atoms with Gasteiger partial charge in [-0.1, -0.05) is 83.1 Å². The minimum absolute atomic E-state index is 0.0298. The van der Waals surface area contributed by atoms with Crippen molar-refractivity contribution in [2.24, 2.45) is 5.92 Å². The van der Waals surface area contributed by atoms with Crippen LogP contribution in [0.1, 0.15) is 97.3 Å². The molecule has 1 unspecified atom stereocenters. The van der Waals surface area contributed by atoms with Crippen LogP contribution >= 0.6 is 0 Å². The number of unbranched alkanes of at least 4 members (excludes halogenated alkanes) is 7. The third-order valence-corrected chi connectivity index (χ3v) is 6.09. The topological polar surface area (TPSA) is 58.6 Å². The van der Waals surface area contributed by atoms with E-state index in [1.54, 1.807) is 4.90 Å². The number of ether oxygens (including phenoxy) is 1. The molecular formula is C27H48N2O3. The summed E-state index contributed by atoms with van der Waals surface area (Å²) in [5.74, 6) is 0.133. The van der Waals surface area contributed by atoms with Crippen molar-refractivity contribution in [3.05, 3.63) is 24.3 Å². The summed E-state index contributed by atoms with van der Waals surface area (Å²) in [6.45, 7) is 7.17. The van der Waals surface area contributed by atoms with E-state index in [9.17, 15) is 9.59 Å². The van der Waals surface area contributed by atoms with E-state index in [0.717, 1.165) is 64.5 Å². The van der Waals surface area contributed by atoms with Gasteiger partial charge in [0.25, 0.3) is 0 Å². The van der Waals surface area contributed by atoms with Gasteiger partial charge in [-0.25, -0.2) is 4.79 Å². The zero-order chi connectivity index (χ0) is 23.3. The van der Waals surface area contributed by atoms with Crippen molar-refractivity contribution in [3.63, 3.8) is 0 Å². The summed E-state index contributed by atoms with van der Waals surface area (Å²) >= 11 is 0. The number of carbonyl (C=O) groups is 2. The Morgan fingerprint density at radius 1 is 0.875 bits per heavy atom. The van der Waals surface area contributed by atoms with Gasteiger partial charge in [-0.3, -0.25) is 4.79 Å². The quantitative estimate of drug-likeness (QED) is 0.194. The van der Waals surface area contributed by atoms with Crippen molar-refractivity contribution < 1.29 is 14.3 Å². The highest BCUT2D eigenvalue weighted by molar-refractivity contribution is 5.84. The first-order valence-corrected chi connectivity index (χ1v) is 13.1. The van der Waals surface area contributed by atoms with E-state index in [1.807, 2.05) is 0 Å². The molecule has 0 aromatic rings. The number of nitrogens with one attached hydrogen (secondary N) is 1. The molecule has 0 saturated carbocycles. The van der Waals surface area contributed by atoms with Crippen molar-refractivity contribution in [2.75, 3.05) is 32.8 Å². The first kappa shape index (κ1) is 28.4. The highest BCUT2D eigenvalue weighted by atomic mass is 16.6. The second kappa shape index (κ2) is 20.0. The van der Waals surface area contributed by atoms with Gasteiger partial charge in [-0.15, -0.1) is 0 Å². The first-order valence-electron chi connectivity index (χ1n) is 13.1. The molecule has 0 aromatic carbocycles.